The van der Waals surface area contributed by atoms with Gasteiger partial charge in [-0.3, -0.25) is 0 Å². The van der Waals surface area contributed by atoms with E-state index < -0.39 is 5.60 Å². The van der Waals surface area contributed by atoms with E-state index in [0.717, 1.165) is 29.9 Å². The van der Waals surface area contributed by atoms with Crippen molar-refractivity contribution in [1.82, 2.24) is 0 Å². The summed E-state index contributed by atoms with van der Waals surface area (Å²) in [6, 6.07) is 17.9. The lowest BCUT2D eigenvalue weighted by molar-refractivity contribution is -0.558. The van der Waals surface area contributed by atoms with Crippen LogP contribution in [0.4, 0.5) is 0 Å². The van der Waals surface area contributed by atoms with E-state index in [1.165, 1.54) is 0 Å². The van der Waals surface area contributed by atoms with Crippen LogP contribution in [0.2, 0.25) is 0 Å². The van der Waals surface area contributed by atoms with E-state index >= 15 is 0 Å². The Labute approximate surface area is 167 Å². The molecular weight excluding hydrogens is 354 g/mol. The summed E-state index contributed by atoms with van der Waals surface area (Å²) < 4.78 is 19.3. The molecule has 0 spiro atoms. The van der Waals surface area contributed by atoms with Gasteiger partial charge in [-0.1, -0.05) is 30.3 Å². The molecule has 2 aromatic carbocycles. The lowest BCUT2D eigenvalue weighted by atomic mass is 10.1. The molecule has 0 amide bonds. The molecular formula is C23H30NO4+. The Hall–Kier alpha value is -2.69. The van der Waals surface area contributed by atoms with Crippen molar-refractivity contribution < 1.29 is 23.9 Å². The Morgan fingerprint density at radius 1 is 0.964 bits per heavy atom. The molecule has 0 saturated carbocycles. The molecule has 1 N–H and O–H groups in total. The molecule has 1 aliphatic heterocycles. The van der Waals surface area contributed by atoms with Crippen LogP contribution in [0.5, 0.6) is 11.5 Å². The number of piperidine rings is 1. The molecule has 150 valence electrons. The van der Waals surface area contributed by atoms with Crippen molar-refractivity contribution in [3.05, 3.63) is 60.2 Å². The average Bonchev–Trinajstić information content (AvgIpc) is 2.67. The zero-order valence-electron chi connectivity index (χ0n) is 16.9. The normalized spacial score (nSPS) is 17.1. The number of rotatable bonds is 5. The van der Waals surface area contributed by atoms with E-state index in [1.807, 2.05) is 79.9 Å². The Kier molecular flexibility index (Phi) is 6.45. The van der Waals surface area contributed by atoms with E-state index in [9.17, 15) is 5.11 Å². The van der Waals surface area contributed by atoms with Crippen molar-refractivity contribution in [2.75, 3.05) is 13.1 Å². The van der Waals surface area contributed by atoms with Crippen LogP contribution in [-0.4, -0.2) is 40.6 Å². The third kappa shape index (κ3) is 6.19. The largest absolute Gasteiger partial charge is 0.547 e. The number of aliphatic hydroxyl groups excluding tert-OH is 1. The Morgan fingerprint density at radius 2 is 1.57 bits per heavy atom. The first-order valence-electron chi connectivity index (χ1n) is 9.82. The molecule has 5 heteroatoms. The Balaban J connectivity index is 1.47. The minimum Gasteiger partial charge on any atom is -0.490 e. The van der Waals surface area contributed by atoms with Gasteiger partial charge >= 0.3 is 6.08 Å². The molecule has 0 aromatic heterocycles. The Bertz CT molecular complexity index is 768. The van der Waals surface area contributed by atoms with Crippen LogP contribution in [0.3, 0.4) is 0 Å². The zero-order valence-corrected chi connectivity index (χ0v) is 16.9. The summed E-state index contributed by atoms with van der Waals surface area (Å²) >= 11 is 0. The van der Waals surface area contributed by atoms with Crippen molar-refractivity contribution in [2.24, 2.45) is 0 Å². The molecule has 0 atom stereocenters. The fourth-order valence-corrected chi connectivity index (χ4v) is 3.05. The van der Waals surface area contributed by atoms with Gasteiger partial charge < -0.3 is 19.3 Å². The first-order valence-corrected chi connectivity index (χ1v) is 9.82. The predicted octanol–water partition coefficient (Wildman–Crippen LogP) is 4.55. The van der Waals surface area contributed by atoms with Crippen LogP contribution >= 0.6 is 0 Å². The SMILES string of the molecule is CC(C)(C)OC(O)=[N+]1CCC(Oc2ccc(OCc3ccccc3)cc2)CC1. The highest BCUT2D eigenvalue weighted by Gasteiger charge is 2.29. The summed E-state index contributed by atoms with van der Waals surface area (Å²) in [5, 5.41) is 10.1. The van der Waals surface area contributed by atoms with E-state index in [1.54, 1.807) is 0 Å². The maximum atomic E-state index is 10.1. The van der Waals surface area contributed by atoms with Gasteiger partial charge in [-0.2, -0.15) is 4.58 Å². The first kappa shape index (κ1) is 20.1. The van der Waals surface area contributed by atoms with Crippen LogP contribution in [0.25, 0.3) is 0 Å². The molecule has 1 saturated heterocycles. The minimum absolute atomic E-state index is 0.00543. The molecule has 1 heterocycles. The second-order valence-corrected chi connectivity index (χ2v) is 8.05. The lowest BCUT2D eigenvalue weighted by Crippen LogP contribution is -2.38. The highest BCUT2D eigenvalue weighted by molar-refractivity contribution is 5.58. The molecule has 3 rings (SSSR count). The Morgan fingerprint density at radius 3 is 2.18 bits per heavy atom. The number of ether oxygens (including phenoxy) is 3. The molecule has 1 fully saturated rings. The number of benzene rings is 2. The molecule has 5 nitrogen and oxygen atoms in total. The summed E-state index contributed by atoms with van der Waals surface area (Å²) in [7, 11) is 0. The van der Waals surface area contributed by atoms with Crippen molar-refractivity contribution in [3.8, 4) is 11.5 Å². The van der Waals surface area contributed by atoms with Gasteiger partial charge in [-0.25, -0.2) is 0 Å². The molecule has 2 aromatic rings. The van der Waals surface area contributed by atoms with Crippen molar-refractivity contribution in [2.45, 2.75) is 51.9 Å². The number of hydrogen-bond donors (Lipinski definition) is 1. The fraction of sp³-hybridized carbons (Fsp3) is 0.435. The topological polar surface area (TPSA) is 50.9 Å². The maximum Gasteiger partial charge on any atom is 0.547 e. The standard InChI is InChI=1S/C23H29NO4/c1-23(2,3)28-22(25)24-15-13-21(14-16-24)27-20-11-9-19(10-12-20)26-17-18-7-5-4-6-8-18/h4-12,21H,13-17H2,1-3H3/p+1. The fourth-order valence-electron chi connectivity index (χ4n) is 3.05. The summed E-state index contributed by atoms with van der Waals surface area (Å²) in [4.78, 5) is 0. The molecule has 0 unspecified atom stereocenters. The van der Waals surface area contributed by atoms with Crippen molar-refractivity contribution in [1.29, 1.82) is 0 Å². The van der Waals surface area contributed by atoms with Crippen LogP contribution in [0.1, 0.15) is 39.2 Å². The third-order valence-corrected chi connectivity index (χ3v) is 4.48. The van der Waals surface area contributed by atoms with Crippen LogP contribution in [-0.2, 0) is 11.3 Å². The van der Waals surface area contributed by atoms with Crippen molar-refractivity contribution >= 4 is 6.08 Å². The second-order valence-electron chi connectivity index (χ2n) is 8.05. The lowest BCUT2D eigenvalue weighted by Gasteiger charge is -2.23. The second kappa shape index (κ2) is 9.00. The van der Waals surface area contributed by atoms with Gasteiger partial charge in [0.1, 0.15) is 29.8 Å². The smallest absolute Gasteiger partial charge is 0.490 e. The van der Waals surface area contributed by atoms with Gasteiger partial charge in [0.15, 0.2) is 13.1 Å². The average molecular weight is 384 g/mol. The highest BCUT2D eigenvalue weighted by Crippen LogP contribution is 2.22. The quantitative estimate of drug-likeness (QED) is 0.607. The summed E-state index contributed by atoms with van der Waals surface area (Å²) in [6.07, 6.45) is 1.81. The van der Waals surface area contributed by atoms with Crippen LogP contribution in [0.15, 0.2) is 54.6 Å². The number of nitrogens with zero attached hydrogens (tertiary/aromatic N) is 1. The highest BCUT2D eigenvalue weighted by atomic mass is 16.6. The third-order valence-electron chi connectivity index (χ3n) is 4.48. The van der Waals surface area contributed by atoms with Crippen LogP contribution < -0.4 is 9.47 Å². The van der Waals surface area contributed by atoms with Crippen molar-refractivity contribution in [3.63, 3.8) is 0 Å². The van der Waals surface area contributed by atoms with Gasteiger partial charge in [0.2, 0.25) is 0 Å². The predicted molar refractivity (Wildman–Crippen MR) is 109 cm³/mol. The minimum atomic E-state index is -0.401. The molecule has 0 bridgehead atoms. The van der Waals surface area contributed by atoms with Gasteiger partial charge in [0.25, 0.3) is 0 Å². The van der Waals surface area contributed by atoms with E-state index in [0.29, 0.717) is 19.7 Å². The van der Waals surface area contributed by atoms with E-state index in [-0.39, 0.29) is 12.2 Å². The van der Waals surface area contributed by atoms with E-state index in [2.05, 4.69) is 0 Å². The molecule has 1 aliphatic rings. The molecule has 28 heavy (non-hydrogen) atoms. The van der Waals surface area contributed by atoms with Gasteiger partial charge in [0.05, 0.1) is 0 Å². The first-order chi connectivity index (χ1) is 13.4. The van der Waals surface area contributed by atoms with E-state index in [4.69, 9.17) is 14.2 Å². The molecule has 0 aliphatic carbocycles. The van der Waals surface area contributed by atoms with Crippen LogP contribution in [0, 0.1) is 0 Å². The monoisotopic (exact) mass is 384 g/mol. The molecule has 0 radical (unpaired) electrons. The zero-order chi connectivity index (χ0) is 20.0. The summed E-state index contributed by atoms with van der Waals surface area (Å²) in [6.45, 7) is 7.75. The summed E-state index contributed by atoms with van der Waals surface area (Å²) in [5.74, 6) is 1.66. The number of aliphatic hydroxyl groups is 1. The number of hydrogen-bond acceptors (Lipinski definition) is 3. The van der Waals surface area contributed by atoms with Gasteiger partial charge in [-0.05, 0) is 50.6 Å². The van der Waals surface area contributed by atoms with Gasteiger partial charge in [0, 0.05) is 12.8 Å². The maximum absolute atomic E-state index is 10.1. The summed E-state index contributed by atoms with van der Waals surface area (Å²) in [5.41, 5.74) is 0.743. The van der Waals surface area contributed by atoms with Gasteiger partial charge in [-0.15, -0.1) is 0 Å².